The van der Waals surface area contributed by atoms with E-state index >= 15 is 0 Å². The zero-order valence-electron chi connectivity index (χ0n) is 11.4. The number of anilines is 2. The number of carbonyl (C=O) groups is 1. The Balaban J connectivity index is 2.10. The first-order valence-corrected chi connectivity index (χ1v) is 6.73. The molecule has 0 aromatic heterocycles. The number of nitrogens with one attached hydrogen (secondary N) is 1. The number of hydrogen-bond acceptors (Lipinski definition) is 2. The molecule has 0 radical (unpaired) electrons. The number of fused-ring (bicyclic) bond motifs is 1. The molecule has 1 N–H and O–H groups in total. The molecule has 0 saturated heterocycles. The molecule has 2 aromatic rings. The van der Waals surface area contributed by atoms with Gasteiger partial charge in [-0.2, -0.15) is 0 Å². The van der Waals surface area contributed by atoms with Gasteiger partial charge in [-0.25, -0.2) is 0 Å². The molecule has 1 aliphatic heterocycles. The minimum Gasteiger partial charge on any atom is -0.305 e. The minimum atomic E-state index is 0.128. The summed E-state index contributed by atoms with van der Waals surface area (Å²) in [5.41, 5.74) is 4.45. The summed E-state index contributed by atoms with van der Waals surface area (Å²) in [6, 6.07) is 15.6. The molecule has 0 fully saturated rings. The van der Waals surface area contributed by atoms with Crippen molar-refractivity contribution in [1.29, 1.82) is 5.41 Å². The van der Waals surface area contributed by atoms with Crippen LogP contribution in [0.1, 0.15) is 24.5 Å². The third-order valence-corrected chi connectivity index (χ3v) is 3.63. The van der Waals surface area contributed by atoms with E-state index in [1.165, 1.54) is 0 Å². The summed E-state index contributed by atoms with van der Waals surface area (Å²) in [6.45, 7) is 1.78. The summed E-state index contributed by atoms with van der Waals surface area (Å²) in [5.74, 6) is 0.128. The molecule has 2 aromatic carbocycles. The van der Waals surface area contributed by atoms with Crippen molar-refractivity contribution in [2.75, 3.05) is 4.90 Å². The molecule has 3 nitrogen and oxygen atoms in total. The predicted molar refractivity (Wildman–Crippen MR) is 80.9 cm³/mol. The van der Waals surface area contributed by atoms with Crippen molar-refractivity contribution in [3.63, 3.8) is 0 Å². The molecule has 1 amide bonds. The lowest BCUT2D eigenvalue weighted by Crippen LogP contribution is -2.30. The van der Waals surface area contributed by atoms with Crippen molar-refractivity contribution in [1.82, 2.24) is 0 Å². The summed E-state index contributed by atoms with van der Waals surface area (Å²) in [7, 11) is 0. The molecule has 0 saturated carbocycles. The van der Waals surface area contributed by atoms with Gasteiger partial charge in [-0.3, -0.25) is 9.69 Å². The quantitative estimate of drug-likeness (QED) is 0.826. The van der Waals surface area contributed by atoms with E-state index in [0.29, 0.717) is 12.1 Å². The molecular formula is C17H16N2O. The summed E-state index contributed by atoms with van der Waals surface area (Å²) in [5, 5.41) is 7.73. The molecule has 0 unspecified atom stereocenters. The number of amides is 1. The van der Waals surface area contributed by atoms with Crippen LogP contribution in [0.4, 0.5) is 11.4 Å². The molecule has 3 heteroatoms. The predicted octanol–water partition coefficient (Wildman–Crippen LogP) is 3.69. The van der Waals surface area contributed by atoms with E-state index in [4.69, 9.17) is 5.41 Å². The van der Waals surface area contributed by atoms with Crippen LogP contribution >= 0.6 is 0 Å². The van der Waals surface area contributed by atoms with Crippen LogP contribution in [0.25, 0.3) is 0 Å². The van der Waals surface area contributed by atoms with Crippen LogP contribution in [0.5, 0.6) is 0 Å². The Hall–Kier alpha value is -2.42. The van der Waals surface area contributed by atoms with Crippen molar-refractivity contribution >= 4 is 23.0 Å². The fraction of sp³-hybridized carbons (Fsp3) is 0.176. The normalized spacial score (nSPS) is 14.1. The average Bonchev–Trinajstić information content (AvgIpc) is 2.47. The summed E-state index contributed by atoms with van der Waals surface area (Å²) in [6.07, 6.45) is 1.26. The van der Waals surface area contributed by atoms with E-state index in [2.05, 4.69) is 0 Å². The Kier molecular flexibility index (Phi) is 3.11. The Morgan fingerprint density at radius 1 is 1.10 bits per heavy atom. The van der Waals surface area contributed by atoms with Crippen molar-refractivity contribution in [2.45, 2.75) is 19.8 Å². The Morgan fingerprint density at radius 3 is 2.55 bits per heavy atom. The van der Waals surface area contributed by atoms with Gasteiger partial charge in [0, 0.05) is 17.8 Å². The number of carbonyl (C=O) groups excluding carboxylic acids is 1. The third kappa shape index (κ3) is 2.11. The van der Waals surface area contributed by atoms with Crippen LogP contribution in [-0.4, -0.2) is 11.6 Å². The highest BCUT2D eigenvalue weighted by atomic mass is 16.2. The number of nitrogens with zero attached hydrogens (tertiary/aromatic N) is 1. The zero-order chi connectivity index (χ0) is 14.1. The fourth-order valence-corrected chi connectivity index (χ4v) is 2.59. The number of hydrogen-bond donors (Lipinski definition) is 1. The molecule has 0 aliphatic carbocycles. The van der Waals surface area contributed by atoms with Gasteiger partial charge in [0.15, 0.2) is 0 Å². The maximum absolute atomic E-state index is 12.3. The maximum atomic E-state index is 12.3. The van der Waals surface area contributed by atoms with Gasteiger partial charge in [-0.05, 0) is 48.7 Å². The monoisotopic (exact) mass is 264 g/mol. The Bertz CT molecular complexity index is 677. The van der Waals surface area contributed by atoms with E-state index in [-0.39, 0.29) is 5.91 Å². The summed E-state index contributed by atoms with van der Waals surface area (Å²) in [4.78, 5) is 14.0. The second-order valence-electron chi connectivity index (χ2n) is 5.03. The van der Waals surface area contributed by atoms with Gasteiger partial charge < -0.3 is 5.41 Å². The Labute approximate surface area is 118 Å². The van der Waals surface area contributed by atoms with Crippen LogP contribution < -0.4 is 4.90 Å². The number of rotatable bonds is 2. The van der Waals surface area contributed by atoms with Crippen LogP contribution in [0.3, 0.4) is 0 Å². The zero-order valence-corrected chi connectivity index (χ0v) is 11.4. The van der Waals surface area contributed by atoms with Crippen molar-refractivity contribution in [3.8, 4) is 0 Å². The van der Waals surface area contributed by atoms with Crippen molar-refractivity contribution < 1.29 is 4.79 Å². The third-order valence-electron chi connectivity index (χ3n) is 3.63. The summed E-state index contributed by atoms with van der Waals surface area (Å²) < 4.78 is 0. The maximum Gasteiger partial charge on any atom is 0.231 e. The van der Waals surface area contributed by atoms with E-state index in [1.54, 1.807) is 11.8 Å². The second-order valence-corrected chi connectivity index (χ2v) is 5.03. The molecule has 0 spiro atoms. The highest BCUT2D eigenvalue weighted by Gasteiger charge is 2.25. The molecule has 0 atom stereocenters. The SMILES string of the molecule is CC(=N)c1ccc2c(c1)CCC(=O)N2c1ccccc1. The molecule has 100 valence electrons. The lowest BCUT2D eigenvalue weighted by atomic mass is 9.97. The number of para-hydroxylation sites is 1. The van der Waals surface area contributed by atoms with Crippen LogP contribution in [-0.2, 0) is 11.2 Å². The summed E-state index contributed by atoms with van der Waals surface area (Å²) >= 11 is 0. The van der Waals surface area contributed by atoms with Crippen molar-refractivity contribution in [3.05, 3.63) is 59.7 Å². The lowest BCUT2D eigenvalue weighted by Gasteiger charge is -2.29. The highest BCUT2D eigenvalue weighted by molar-refractivity contribution is 6.04. The molecule has 1 aliphatic rings. The standard InChI is InChI=1S/C17H16N2O/c1-12(18)13-7-9-16-14(11-13)8-10-17(20)19(16)15-5-3-2-4-6-15/h2-7,9,11,18H,8,10H2,1H3. The van der Waals surface area contributed by atoms with Crippen LogP contribution in [0.15, 0.2) is 48.5 Å². The van der Waals surface area contributed by atoms with Gasteiger partial charge in [0.05, 0.1) is 5.69 Å². The topological polar surface area (TPSA) is 44.2 Å². The fourth-order valence-electron chi connectivity index (χ4n) is 2.59. The van der Waals surface area contributed by atoms with Gasteiger partial charge in [0.2, 0.25) is 5.91 Å². The van der Waals surface area contributed by atoms with E-state index in [9.17, 15) is 4.79 Å². The molecule has 0 bridgehead atoms. The second kappa shape index (κ2) is 4.93. The molecule has 1 heterocycles. The van der Waals surface area contributed by atoms with Gasteiger partial charge in [0.25, 0.3) is 0 Å². The smallest absolute Gasteiger partial charge is 0.231 e. The van der Waals surface area contributed by atoms with Gasteiger partial charge in [-0.1, -0.05) is 24.3 Å². The first-order valence-electron chi connectivity index (χ1n) is 6.73. The largest absolute Gasteiger partial charge is 0.305 e. The van der Waals surface area contributed by atoms with Gasteiger partial charge in [-0.15, -0.1) is 0 Å². The first-order chi connectivity index (χ1) is 9.66. The van der Waals surface area contributed by atoms with E-state index in [1.807, 2.05) is 48.5 Å². The molecular weight excluding hydrogens is 248 g/mol. The average molecular weight is 264 g/mol. The van der Waals surface area contributed by atoms with Crippen molar-refractivity contribution in [2.24, 2.45) is 0 Å². The van der Waals surface area contributed by atoms with Crippen LogP contribution in [0, 0.1) is 5.41 Å². The first kappa shape index (κ1) is 12.6. The van der Waals surface area contributed by atoms with E-state index < -0.39 is 0 Å². The molecule has 3 rings (SSSR count). The van der Waals surface area contributed by atoms with Gasteiger partial charge in [0.1, 0.15) is 0 Å². The minimum absolute atomic E-state index is 0.128. The highest BCUT2D eigenvalue weighted by Crippen LogP contribution is 2.34. The number of aryl methyl sites for hydroxylation is 1. The number of benzene rings is 2. The van der Waals surface area contributed by atoms with Crippen LogP contribution in [0.2, 0.25) is 0 Å². The van der Waals surface area contributed by atoms with Gasteiger partial charge >= 0.3 is 0 Å². The lowest BCUT2D eigenvalue weighted by molar-refractivity contribution is -0.118. The molecule has 20 heavy (non-hydrogen) atoms. The Morgan fingerprint density at radius 2 is 1.85 bits per heavy atom. The van der Waals surface area contributed by atoms with E-state index in [0.717, 1.165) is 28.9 Å².